The highest BCUT2D eigenvalue weighted by Crippen LogP contribution is 2.20. The number of hydrogen-bond acceptors (Lipinski definition) is 2. The van der Waals surface area contributed by atoms with E-state index < -0.39 is 0 Å². The van der Waals surface area contributed by atoms with Gasteiger partial charge in [0.1, 0.15) is 0 Å². The first-order chi connectivity index (χ1) is 10.5. The number of rotatable bonds is 4. The van der Waals surface area contributed by atoms with Gasteiger partial charge in [-0.3, -0.25) is 9.67 Å². The fraction of sp³-hybridized carbons (Fsp3) is 0.765. The van der Waals surface area contributed by atoms with E-state index in [4.69, 9.17) is 0 Å². The zero-order valence-electron chi connectivity index (χ0n) is 14.8. The second-order valence-electron chi connectivity index (χ2n) is 6.83. The van der Waals surface area contributed by atoms with E-state index >= 15 is 0 Å². The molecule has 0 bridgehead atoms. The largest absolute Gasteiger partial charge is 0.356 e. The third kappa shape index (κ3) is 4.49. The van der Waals surface area contributed by atoms with Gasteiger partial charge in [0.2, 0.25) is 0 Å². The maximum absolute atomic E-state index is 4.50. The molecule has 0 spiro atoms. The van der Waals surface area contributed by atoms with E-state index in [0.29, 0.717) is 0 Å². The third-order valence-corrected chi connectivity index (χ3v) is 4.31. The van der Waals surface area contributed by atoms with Gasteiger partial charge in [-0.1, -0.05) is 13.8 Å². The number of guanidine groups is 1. The SMILES string of the molecule is CN=C(NCCCn1nc(C)cc1C)N1CC(C)CC(C)C1. The van der Waals surface area contributed by atoms with Crippen molar-refractivity contribution in [1.29, 1.82) is 0 Å². The van der Waals surface area contributed by atoms with Crippen molar-refractivity contribution in [2.45, 2.75) is 47.1 Å². The molecule has 1 aliphatic heterocycles. The molecule has 1 aromatic rings. The molecule has 2 atom stereocenters. The van der Waals surface area contributed by atoms with Gasteiger partial charge in [-0.2, -0.15) is 5.10 Å². The van der Waals surface area contributed by atoms with Crippen LogP contribution in [0.25, 0.3) is 0 Å². The highest BCUT2D eigenvalue weighted by atomic mass is 15.3. The lowest BCUT2D eigenvalue weighted by Crippen LogP contribution is -2.48. The molecule has 5 heteroatoms. The van der Waals surface area contributed by atoms with Gasteiger partial charge in [0.15, 0.2) is 5.96 Å². The molecule has 0 radical (unpaired) electrons. The quantitative estimate of drug-likeness (QED) is 0.528. The molecular formula is C17H31N5. The van der Waals surface area contributed by atoms with Crippen LogP contribution in [0.5, 0.6) is 0 Å². The summed E-state index contributed by atoms with van der Waals surface area (Å²) in [5.41, 5.74) is 2.33. The summed E-state index contributed by atoms with van der Waals surface area (Å²) in [5.74, 6) is 2.54. The molecule has 22 heavy (non-hydrogen) atoms. The molecule has 2 heterocycles. The molecule has 2 rings (SSSR count). The van der Waals surface area contributed by atoms with E-state index in [-0.39, 0.29) is 0 Å². The minimum atomic E-state index is 0.747. The zero-order valence-corrected chi connectivity index (χ0v) is 14.8. The van der Waals surface area contributed by atoms with Crippen LogP contribution < -0.4 is 5.32 Å². The normalized spacial score (nSPS) is 23.0. The van der Waals surface area contributed by atoms with Gasteiger partial charge in [-0.25, -0.2) is 0 Å². The van der Waals surface area contributed by atoms with Crippen LogP contribution >= 0.6 is 0 Å². The fourth-order valence-electron chi connectivity index (χ4n) is 3.50. The molecule has 1 aliphatic rings. The minimum Gasteiger partial charge on any atom is -0.356 e. The second-order valence-corrected chi connectivity index (χ2v) is 6.83. The molecule has 0 aliphatic carbocycles. The van der Waals surface area contributed by atoms with E-state index in [2.05, 4.69) is 51.8 Å². The first kappa shape index (κ1) is 16.8. The Hall–Kier alpha value is -1.52. The summed E-state index contributed by atoms with van der Waals surface area (Å²) in [6.45, 7) is 12.9. The first-order valence-corrected chi connectivity index (χ1v) is 8.46. The maximum atomic E-state index is 4.50. The Balaban J connectivity index is 1.78. The number of piperidine rings is 1. The van der Waals surface area contributed by atoms with Crippen molar-refractivity contribution in [2.24, 2.45) is 16.8 Å². The predicted molar refractivity (Wildman–Crippen MR) is 92.2 cm³/mol. The highest BCUT2D eigenvalue weighted by molar-refractivity contribution is 5.79. The average molecular weight is 305 g/mol. The van der Waals surface area contributed by atoms with Crippen LogP contribution in [0.15, 0.2) is 11.1 Å². The van der Waals surface area contributed by atoms with Crippen molar-refractivity contribution < 1.29 is 0 Å². The van der Waals surface area contributed by atoms with Crippen molar-refractivity contribution in [3.8, 4) is 0 Å². The molecule has 0 aromatic carbocycles. The van der Waals surface area contributed by atoms with Gasteiger partial charge in [0.05, 0.1) is 5.69 Å². The van der Waals surface area contributed by atoms with E-state index in [1.54, 1.807) is 0 Å². The summed E-state index contributed by atoms with van der Waals surface area (Å²) in [4.78, 5) is 6.86. The molecule has 124 valence electrons. The average Bonchev–Trinajstić information content (AvgIpc) is 2.76. The van der Waals surface area contributed by atoms with Crippen LogP contribution in [0.4, 0.5) is 0 Å². The van der Waals surface area contributed by atoms with Crippen LogP contribution in [0, 0.1) is 25.7 Å². The summed E-state index contributed by atoms with van der Waals surface area (Å²) in [7, 11) is 1.88. The van der Waals surface area contributed by atoms with Gasteiger partial charge in [-0.15, -0.1) is 0 Å². The lowest BCUT2D eigenvalue weighted by molar-refractivity contribution is 0.208. The van der Waals surface area contributed by atoms with E-state index in [0.717, 1.165) is 56.1 Å². The summed E-state index contributed by atoms with van der Waals surface area (Å²) < 4.78 is 2.09. The molecular weight excluding hydrogens is 274 g/mol. The minimum absolute atomic E-state index is 0.747. The van der Waals surface area contributed by atoms with Crippen LogP contribution in [0.2, 0.25) is 0 Å². The molecule has 2 unspecified atom stereocenters. The molecule has 0 saturated carbocycles. The predicted octanol–water partition coefficient (Wildman–Crippen LogP) is 2.44. The summed E-state index contributed by atoms with van der Waals surface area (Å²) in [6.07, 6.45) is 2.38. The lowest BCUT2D eigenvalue weighted by atomic mass is 9.92. The van der Waals surface area contributed by atoms with Gasteiger partial charge in [0, 0.05) is 38.9 Å². The molecule has 0 amide bonds. The smallest absolute Gasteiger partial charge is 0.193 e. The third-order valence-electron chi connectivity index (χ3n) is 4.31. The Kier molecular flexibility index (Phi) is 5.86. The van der Waals surface area contributed by atoms with E-state index in [1.165, 1.54) is 12.1 Å². The van der Waals surface area contributed by atoms with Crippen LogP contribution in [-0.2, 0) is 6.54 Å². The number of nitrogens with one attached hydrogen (secondary N) is 1. The Morgan fingerprint density at radius 1 is 1.32 bits per heavy atom. The molecule has 5 nitrogen and oxygen atoms in total. The molecule has 1 saturated heterocycles. The van der Waals surface area contributed by atoms with Crippen molar-refractivity contribution in [1.82, 2.24) is 20.0 Å². The van der Waals surface area contributed by atoms with Gasteiger partial charge in [-0.05, 0) is 44.6 Å². The van der Waals surface area contributed by atoms with Crippen LogP contribution in [0.3, 0.4) is 0 Å². The number of hydrogen-bond donors (Lipinski definition) is 1. The van der Waals surface area contributed by atoms with Crippen molar-refractivity contribution in [2.75, 3.05) is 26.7 Å². The Bertz CT molecular complexity index is 495. The van der Waals surface area contributed by atoms with Gasteiger partial charge < -0.3 is 10.2 Å². The second kappa shape index (κ2) is 7.65. The topological polar surface area (TPSA) is 45.5 Å². The summed E-state index contributed by atoms with van der Waals surface area (Å²) >= 11 is 0. The van der Waals surface area contributed by atoms with Gasteiger partial charge >= 0.3 is 0 Å². The molecule has 1 aromatic heterocycles. The standard InChI is InChI=1S/C17H31N5/c1-13-9-14(2)12-21(11-13)17(18-5)19-7-6-8-22-16(4)10-15(3)20-22/h10,13-14H,6-9,11-12H2,1-5H3,(H,18,19). The zero-order chi connectivity index (χ0) is 16.1. The van der Waals surface area contributed by atoms with Gasteiger partial charge in [0.25, 0.3) is 0 Å². The summed E-state index contributed by atoms with van der Waals surface area (Å²) in [6, 6.07) is 2.13. The number of aryl methyl sites for hydroxylation is 3. The van der Waals surface area contributed by atoms with Crippen molar-refractivity contribution >= 4 is 5.96 Å². The Morgan fingerprint density at radius 3 is 2.55 bits per heavy atom. The molecule has 1 N–H and O–H groups in total. The maximum Gasteiger partial charge on any atom is 0.193 e. The number of aliphatic imine (C=N–C) groups is 1. The number of likely N-dealkylation sites (tertiary alicyclic amines) is 1. The highest BCUT2D eigenvalue weighted by Gasteiger charge is 2.23. The number of aromatic nitrogens is 2. The van der Waals surface area contributed by atoms with E-state index in [9.17, 15) is 0 Å². The Morgan fingerprint density at radius 2 is 2.00 bits per heavy atom. The van der Waals surface area contributed by atoms with E-state index in [1.807, 2.05) is 14.0 Å². The van der Waals surface area contributed by atoms with Crippen molar-refractivity contribution in [3.05, 3.63) is 17.5 Å². The monoisotopic (exact) mass is 305 g/mol. The lowest BCUT2D eigenvalue weighted by Gasteiger charge is -2.37. The fourth-order valence-corrected chi connectivity index (χ4v) is 3.50. The van der Waals surface area contributed by atoms with Crippen molar-refractivity contribution in [3.63, 3.8) is 0 Å². The summed E-state index contributed by atoms with van der Waals surface area (Å²) in [5, 5.41) is 8.02. The first-order valence-electron chi connectivity index (χ1n) is 8.46. The van der Waals surface area contributed by atoms with Crippen LogP contribution in [-0.4, -0.2) is 47.3 Å². The Labute approximate surface area is 134 Å². The molecule has 1 fully saturated rings. The van der Waals surface area contributed by atoms with Crippen LogP contribution in [0.1, 0.15) is 38.1 Å². The number of nitrogens with zero attached hydrogens (tertiary/aromatic N) is 4.